The van der Waals surface area contributed by atoms with Gasteiger partial charge in [-0.15, -0.1) is 10.2 Å². The fourth-order valence-corrected chi connectivity index (χ4v) is 4.56. The van der Waals surface area contributed by atoms with Crippen LogP contribution in [0.25, 0.3) is 0 Å². The van der Waals surface area contributed by atoms with Gasteiger partial charge in [0.1, 0.15) is 12.3 Å². The van der Waals surface area contributed by atoms with Crippen LogP contribution in [0.5, 0.6) is 0 Å². The lowest BCUT2D eigenvalue weighted by atomic mass is 9.90. The highest BCUT2D eigenvalue weighted by Gasteiger charge is 2.29. The Kier molecular flexibility index (Phi) is 5.06. The molecule has 2 aromatic rings. The zero-order valence-electron chi connectivity index (χ0n) is 18.2. The second-order valence-electron chi connectivity index (χ2n) is 8.43. The monoisotopic (exact) mass is 409 g/mol. The Balaban J connectivity index is 1.78. The zero-order chi connectivity index (χ0) is 21.4. The Hall–Kier alpha value is -3.40. The SMILES string of the molecule is C=C1/C=C(C)\C=C/COC2=C1N=Nc1cc(C)ccc1N2c1cccc2c1CCCC2. The normalized spacial score (nSPS) is 20.8. The van der Waals surface area contributed by atoms with Gasteiger partial charge in [0.05, 0.1) is 11.4 Å². The van der Waals surface area contributed by atoms with Gasteiger partial charge in [0.25, 0.3) is 0 Å². The van der Waals surface area contributed by atoms with E-state index in [9.17, 15) is 0 Å². The van der Waals surface area contributed by atoms with Gasteiger partial charge in [0.15, 0.2) is 5.70 Å². The average Bonchev–Trinajstić information content (AvgIpc) is 2.88. The first-order chi connectivity index (χ1) is 15.1. The minimum Gasteiger partial charge on any atom is -0.473 e. The smallest absolute Gasteiger partial charge is 0.228 e. The maximum atomic E-state index is 6.38. The lowest BCUT2D eigenvalue weighted by Crippen LogP contribution is -2.23. The molecule has 0 aromatic heterocycles. The number of hydrogen-bond acceptors (Lipinski definition) is 4. The summed E-state index contributed by atoms with van der Waals surface area (Å²) < 4.78 is 6.38. The van der Waals surface area contributed by atoms with E-state index in [-0.39, 0.29) is 0 Å². The first-order valence-corrected chi connectivity index (χ1v) is 11.0. The molecule has 31 heavy (non-hydrogen) atoms. The summed E-state index contributed by atoms with van der Waals surface area (Å²) >= 11 is 0. The minimum atomic E-state index is 0.458. The molecule has 5 rings (SSSR count). The quantitative estimate of drug-likeness (QED) is 0.493. The van der Waals surface area contributed by atoms with Crippen LogP contribution in [0.1, 0.15) is 36.5 Å². The number of benzene rings is 2. The van der Waals surface area contributed by atoms with Crippen LogP contribution in [0.15, 0.2) is 94.2 Å². The summed E-state index contributed by atoms with van der Waals surface area (Å²) in [6.45, 7) is 8.90. The van der Waals surface area contributed by atoms with Crippen molar-refractivity contribution < 1.29 is 4.74 Å². The van der Waals surface area contributed by atoms with Crippen LogP contribution in [-0.2, 0) is 17.6 Å². The van der Waals surface area contributed by atoms with Gasteiger partial charge in [-0.1, -0.05) is 42.5 Å². The van der Waals surface area contributed by atoms with Gasteiger partial charge in [-0.05, 0) is 80.5 Å². The summed E-state index contributed by atoms with van der Waals surface area (Å²) in [7, 11) is 0. The fourth-order valence-electron chi connectivity index (χ4n) is 4.56. The van der Waals surface area contributed by atoms with Crippen molar-refractivity contribution in [3.63, 3.8) is 0 Å². The number of rotatable bonds is 1. The number of aryl methyl sites for hydroxylation is 2. The third kappa shape index (κ3) is 3.63. The summed E-state index contributed by atoms with van der Waals surface area (Å²) in [5.74, 6) is 0.686. The molecule has 0 amide bonds. The van der Waals surface area contributed by atoms with Crippen molar-refractivity contribution in [3.8, 4) is 0 Å². The molecule has 0 saturated heterocycles. The highest BCUT2D eigenvalue weighted by molar-refractivity contribution is 5.81. The summed E-state index contributed by atoms with van der Waals surface area (Å²) in [4.78, 5) is 2.21. The average molecular weight is 410 g/mol. The van der Waals surface area contributed by atoms with Gasteiger partial charge in [0.2, 0.25) is 5.88 Å². The first kappa shape index (κ1) is 19.6. The molecule has 0 radical (unpaired) electrons. The molecule has 0 atom stereocenters. The van der Waals surface area contributed by atoms with Gasteiger partial charge in [0, 0.05) is 5.57 Å². The van der Waals surface area contributed by atoms with Crippen LogP contribution in [0.2, 0.25) is 0 Å². The van der Waals surface area contributed by atoms with Crippen molar-refractivity contribution in [2.24, 2.45) is 10.2 Å². The summed E-state index contributed by atoms with van der Waals surface area (Å²) in [6.07, 6.45) is 10.8. The third-order valence-electron chi connectivity index (χ3n) is 6.05. The molecule has 0 unspecified atom stereocenters. The van der Waals surface area contributed by atoms with Crippen LogP contribution in [0, 0.1) is 6.92 Å². The van der Waals surface area contributed by atoms with Gasteiger partial charge in [-0.3, -0.25) is 4.90 Å². The van der Waals surface area contributed by atoms with Crippen LogP contribution in [0.3, 0.4) is 0 Å². The largest absolute Gasteiger partial charge is 0.473 e. The van der Waals surface area contributed by atoms with Crippen LogP contribution >= 0.6 is 0 Å². The van der Waals surface area contributed by atoms with Gasteiger partial charge < -0.3 is 4.74 Å². The number of allylic oxidation sites excluding steroid dienone is 3. The van der Waals surface area contributed by atoms with E-state index in [2.05, 4.69) is 78.0 Å². The third-order valence-corrected chi connectivity index (χ3v) is 6.05. The highest BCUT2D eigenvalue weighted by Crippen LogP contribution is 2.45. The molecule has 0 bridgehead atoms. The second kappa shape index (κ2) is 8.03. The maximum Gasteiger partial charge on any atom is 0.228 e. The topological polar surface area (TPSA) is 37.2 Å². The number of anilines is 2. The molecule has 1 aliphatic carbocycles. The molecule has 0 saturated carbocycles. The summed E-state index contributed by atoms with van der Waals surface area (Å²) in [5.41, 5.74) is 9.52. The number of fused-ring (bicyclic) bond motifs is 2. The zero-order valence-corrected chi connectivity index (χ0v) is 18.2. The van der Waals surface area contributed by atoms with Crippen molar-refractivity contribution >= 4 is 17.1 Å². The molecule has 0 N–H and O–H groups in total. The van der Waals surface area contributed by atoms with E-state index >= 15 is 0 Å². The predicted octanol–water partition coefficient (Wildman–Crippen LogP) is 7.37. The Labute approximate surface area is 184 Å². The van der Waals surface area contributed by atoms with Crippen molar-refractivity contribution in [1.29, 1.82) is 0 Å². The molecule has 3 aliphatic rings. The van der Waals surface area contributed by atoms with Crippen LogP contribution in [0.4, 0.5) is 17.1 Å². The maximum absolute atomic E-state index is 6.38. The number of nitrogens with zero attached hydrogens (tertiary/aromatic N) is 3. The number of azo groups is 1. The Morgan fingerprint density at radius 1 is 1.00 bits per heavy atom. The van der Waals surface area contributed by atoms with E-state index in [1.807, 2.05) is 12.2 Å². The molecule has 0 fully saturated rings. The molecular weight excluding hydrogens is 382 g/mol. The van der Waals surface area contributed by atoms with E-state index in [0.717, 1.165) is 46.6 Å². The first-order valence-electron chi connectivity index (χ1n) is 11.0. The molecule has 2 aliphatic heterocycles. The standard InChI is InChI=1S/C27H27N3O/c1-18-8-7-15-31-27-26(20(3)16-18)29-28-23-17-19(2)13-14-25(23)30(27)24-12-6-10-21-9-4-5-11-22(21)24/h6-8,10,12-14,16-17H,3-5,9,11,15H2,1-2H3/b8-7-,18-16-. The van der Waals surface area contributed by atoms with Gasteiger partial charge in [-0.2, -0.15) is 0 Å². The molecule has 156 valence electrons. The molecule has 0 spiro atoms. The fraction of sp³-hybridized carbons (Fsp3) is 0.259. The van der Waals surface area contributed by atoms with E-state index in [0.29, 0.717) is 18.2 Å². The molecule has 2 aromatic carbocycles. The molecule has 2 heterocycles. The van der Waals surface area contributed by atoms with Crippen molar-refractivity contribution in [2.75, 3.05) is 11.5 Å². The summed E-state index contributed by atoms with van der Waals surface area (Å²) in [5, 5.41) is 9.27. The molecule has 4 heteroatoms. The van der Waals surface area contributed by atoms with Crippen LogP contribution < -0.4 is 4.90 Å². The Morgan fingerprint density at radius 3 is 2.77 bits per heavy atom. The van der Waals surface area contributed by atoms with Gasteiger partial charge in [-0.25, -0.2) is 0 Å². The molecule has 4 nitrogen and oxygen atoms in total. The summed E-state index contributed by atoms with van der Waals surface area (Å²) in [6, 6.07) is 12.9. The second-order valence-corrected chi connectivity index (χ2v) is 8.43. The van der Waals surface area contributed by atoms with Gasteiger partial charge >= 0.3 is 0 Å². The Bertz CT molecular complexity index is 1180. The molecular formula is C27H27N3O. The number of hydrogen-bond donors (Lipinski definition) is 0. The Morgan fingerprint density at radius 2 is 1.87 bits per heavy atom. The van der Waals surface area contributed by atoms with Crippen LogP contribution in [-0.4, -0.2) is 6.61 Å². The minimum absolute atomic E-state index is 0.458. The number of ether oxygens (including phenoxy) is 1. The van der Waals surface area contributed by atoms with Crippen molar-refractivity contribution in [3.05, 3.63) is 101 Å². The lowest BCUT2D eigenvalue weighted by molar-refractivity contribution is 0.240. The van der Waals surface area contributed by atoms with Crippen molar-refractivity contribution in [1.82, 2.24) is 0 Å². The highest BCUT2D eigenvalue weighted by atomic mass is 16.5. The predicted molar refractivity (Wildman–Crippen MR) is 126 cm³/mol. The van der Waals surface area contributed by atoms with E-state index < -0.39 is 0 Å². The van der Waals surface area contributed by atoms with Crippen molar-refractivity contribution in [2.45, 2.75) is 39.5 Å². The van der Waals surface area contributed by atoms with E-state index in [1.54, 1.807) is 0 Å². The van der Waals surface area contributed by atoms with E-state index in [1.165, 1.54) is 24.0 Å². The van der Waals surface area contributed by atoms with E-state index in [4.69, 9.17) is 4.74 Å². The lowest BCUT2D eigenvalue weighted by Gasteiger charge is -2.31.